The number of nitro groups is 1. The van der Waals surface area contributed by atoms with Gasteiger partial charge in [-0.05, 0) is 86.2 Å². The van der Waals surface area contributed by atoms with Crippen molar-refractivity contribution < 1.29 is 19.2 Å². The van der Waals surface area contributed by atoms with Crippen molar-refractivity contribution in [3.05, 3.63) is 105 Å². The normalized spacial score (nSPS) is 19.4. The van der Waals surface area contributed by atoms with E-state index in [4.69, 9.17) is 14.6 Å². The average molecular weight is 526 g/mol. The van der Waals surface area contributed by atoms with Crippen LogP contribution < -0.4 is 9.47 Å². The molecule has 1 fully saturated rings. The minimum absolute atomic E-state index is 0.00768. The third-order valence-electron chi connectivity index (χ3n) is 7.08. The van der Waals surface area contributed by atoms with Gasteiger partial charge in [0, 0.05) is 23.6 Å². The Balaban J connectivity index is 1.53. The lowest BCUT2D eigenvalue weighted by molar-refractivity contribution is -0.384. The molecule has 1 amide bonds. The molecule has 2 atom stereocenters. The minimum atomic E-state index is -0.492. The van der Waals surface area contributed by atoms with Crippen LogP contribution in [0.5, 0.6) is 11.5 Å². The molecule has 3 aromatic rings. The maximum atomic E-state index is 13.8. The summed E-state index contributed by atoms with van der Waals surface area (Å²) in [6, 6.07) is 21.2. The SMILES string of the molecule is CCOc1ccc(/C=C2\CCC[C@@H]3C2=NN(C(=O)c2cccc([N+](=O)[O-])c2)[C@H]3c2ccc(OCC)cc2)cc1. The fraction of sp³-hybridized carbons (Fsp3) is 0.290. The molecule has 0 radical (unpaired) electrons. The zero-order valence-electron chi connectivity index (χ0n) is 22.1. The summed E-state index contributed by atoms with van der Waals surface area (Å²) in [6.45, 7) is 5.07. The molecule has 1 saturated carbocycles. The van der Waals surface area contributed by atoms with Crippen LogP contribution in [0.15, 0.2) is 83.5 Å². The van der Waals surface area contributed by atoms with Gasteiger partial charge in [-0.25, -0.2) is 5.01 Å². The van der Waals surface area contributed by atoms with Gasteiger partial charge in [0.2, 0.25) is 0 Å². The largest absolute Gasteiger partial charge is 0.494 e. The van der Waals surface area contributed by atoms with Gasteiger partial charge in [-0.15, -0.1) is 0 Å². The van der Waals surface area contributed by atoms with Gasteiger partial charge < -0.3 is 9.47 Å². The number of rotatable bonds is 8. The van der Waals surface area contributed by atoms with Crippen molar-refractivity contribution in [3.8, 4) is 11.5 Å². The van der Waals surface area contributed by atoms with Crippen molar-refractivity contribution in [1.29, 1.82) is 0 Å². The van der Waals surface area contributed by atoms with Crippen LogP contribution in [0.25, 0.3) is 6.08 Å². The third kappa shape index (κ3) is 5.55. The number of hydrogen-bond donors (Lipinski definition) is 0. The van der Waals surface area contributed by atoms with Crippen molar-refractivity contribution in [3.63, 3.8) is 0 Å². The average Bonchev–Trinajstić information content (AvgIpc) is 3.35. The van der Waals surface area contributed by atoms with E-state index in [9.17, 15) is 14.9 Å². The molecule has 5 rings (SSSR count). The van der Waals surface area contributed by atoms with Crippen LogP contribution in [-0.2, 0) is 0 Å². The molecule has 3 aromatic carbocycles. The van der Waals surface area contributed by atoms with E-state index < -0.39 is 4.92 Å². The Morgan fingerprint density at radius 2 is 1.69 bits per heavy atom. The molecule has 0 saturated heterocycles. The highest BCUT2D eigenvalue weighted by Crippen LogP contribution is 2.45. The number of non-ortho nitro benzene ring substituents is 1. The topological polar surface area (TPSA) is 94.3 Å². The Labute approximate surface area is 227 Å². The summed E-state index contributed by atoms with van der Waals surface area (Å²) >= 11 is 0. The van der Waals surface area contributed by atoms with Gasteiger partial charge in [0.15, 0.2) is 0 Å². The Morgan fingerprint density at radius 1 is 1.03 bits per heavy atom. The molecular weight excluding hydrogens is 494 g/mol. The van der Waals surface area contributed by atoms with E-state index in [1.165, 1.54) is 23.2 Å². The second-order valence-corrected chi connectivity index (χ2v) is 9.56. The lowest BCUT2D eigenvalue weighted by Crippen LogP contribution is -2.32. The fourth-order valence-corrected chi connectivity index (χ4v) is 5.34. The molecule has 8 nitrogen and oxygen atoms in total. The predicted octanol–water partition coefficient (Wildman–Crippen LogP) is 6.83. The standard InChI is InChI=1S/C31H31N3O5/c1-3-38-26-15-11-21(12-16-26)19-23-7-6-10-28-29(23)32-33(30(28)22-13-17-27(18-14-22)39-4-2)31(35)24-8-5-9-25(20-24)34(36)37/h5,8-9,11-20,28,30H,3-4,6-7,10H2,1-2H3/b23-19+/t28-,30+/m1/s1. The lowest BCUT2D eigenvalue weighted by Gasteiger charge is -2.29. The highest BCUT2D eigenvalue weighted by molar-refractivity contribution is 6.09. The number of fused-ring (bicyclic) bond motifs is 1. The van der Waals surface area contributed by atoms with Crippen LogP contribution in [0.3, 0.4) is 0 Å². The molecule has 0 bridgehead atoms. The number of hydrazone groups is 1. The molecule has 39 heavy (non-hydrogen) atoms. The minimum Gasteiger partial charge on any atom is -0.494 e. The third-order valence-corrected chi connectivity index (χ3v) is 7.08. The summed E-state index contributed by atoms with van der Waals surface area (Å²) in [5.41, 5.74) is 4.09. The second kappa shape index (κ2) is 11.5. The first-order valence-corrected chi connectivity index (χ1v) is 13.3. The molecule has 0 N–H and O–H groups in total. The summed E-state index contributed by atoms with van der Waals surface area (Å²) in [5.74, 6) is 1.23. The van der Waals surface area contributed by atoms with Crippen molar-refractivity contribution in [2.75, 3.05) is 13.2 Å². The number of carbonyl (C=O) groups excluding carboxylic acids is 1. The first-order valence-electron chi connectivity index (χ1n) is 13.3. The van der Waals surface area contributed by atoms with Gasteiger partial charge in [0.05, 0.1) is 29.9 Å². The van der Waals surface area contributed by atoms with Crippen LogP contribution in [0.2, 0.25) is 0 Å². The second-order valence-electron chi connectivity index (χ2n) is 9.56. The number of amides is 1. The van der Waals surface area contributed by atoms with Crippen LogP contribution in [0, 0.1) is 16.0 Å². The maximum absolute atomic E-state index is 13.8. The summed E-state index contributed by atoms with van der Waals surface area (Å²) in [6.07, 6.45) is 4.85. The first kappa shape index (κ1) is 26.2. The zero-order chi connectivity index (χ0) is 27.4. The molecule has 2 aliphatic rings. The number of benzene rings is 3. The van der Waals surface area contributed by atoms with Gasteiger partial charge in [-0.2, -0.15) is 5.10 Å². The molecule has 200 valence electrons. The van der Waals surface area contributed by atoms with Crippen LogP contribution in [0.1, 0.15) is 60.6 Å². The number of nitrogens with zero attached hydrogens (tertiary/aromatic N) is 3. The molecule has 0 spiro atoms. The van der Waals surface area contributed by atoms with Gasteiger partial charge in [0.25, 0.3) is 11.6 Å². The van der Waals surface area contributed by atoms with Crippen molar-refractivity contribution >= 4 is 23.4 Å². The zero-order valence-corrected chi connectivity index (χ0v) is 22.1. The van der Waals surface area contributed by atoms with E-state index >= 15 is 0 Å². The van der Waals surface area contributed by atoms with Crippen LogP contribution in [0.4, 0.5) is 5.69 Å². The smallest absolute Gasteiger partial charge is 0.274 e. The van der Waals surface area contributed by atoms with Gasteiger partial charge in [0.1, 0.15) is 11.5 Å². The van der Waals surface area contributed by atoms with Gasteiger partial charge >= 0.3 is 0 Å². The van der Waals surface area contributed by atoms with Crippen molar-refractivity contribution in [1.82, 2.24) is 5.01 Å². The van der Waals surface area contributed by atoms with E-state index in [2.05, 4.69) is 6.08 Å². The predicted molar refractivity (Wildman–Crippen MR) is 150 cm³/mol. The van der Waals surface area contributed by atoms with E-state index in [1.54, 1.807) is 6.07 Å². The number of nitro benzene ring substituents is 1. The number of carbonyl (C=O) groups is 1. The molecule has 1 aliphatic carbocycles. The summed E-state index contributed by atoms with van der Waals surface area (Å²) in [5, 5.41) is 17.8. The molecule has 8 heteroatoms. The van der Waals surface area contributed by atoms with E-state index in [-0.39, 0.29) is 29.1 Å². The number of ether oxygens (including phenoxy) is 2. The Bertz CT molecular complexity index is 1410. The maximum Gasteiger partial charge on any atom is 0.274 e. The quantitative estimate of drug-likeness (QED) is 0.237. The first-order chi connectivity index (χ1) is 19.0. The Morgan fingerprint density at radius 3 is 2.33 bits per heavy atom. The number of allylic oxidation sites excluding steroid dienone is 1. The van der Waals surface area contributed by atoms with Crippen LogP contribution >= 0.6 is 0 Å². The van der Waals surface area contributed by atoms with E-state index in [1.807, 2.05) is 62.4 Å². The van der Waals surface area contributed by atoms with Gasteiger partial charge in [-0.3, -0.25) is 14.9 Å². The highest BCUT2D eigenvalue weighted by Gasteiger charge is 2.44. The molecule has 1 heterocycles. The molecule has 1 aliphatic heterocycles. The monoisotopic (exact) mass is 525 g/mol. The van der Waals surface area contributed by atoms with E-state index in [0.717, 1.165) is 53.2 Å². The van der Waals surface area contributed by atoms with Gasteiger partial charge in [-0.1, -0.05) is 30.3 Å². The molecular formula is C31H31N3O5. The Hall–Kier alpha value is -4.46. The number of hydrogen-bond acceptors (Lipinski definition) is 6. The fourth-order valence-electron chi connectivity index (χ4n) is 5.34. The molecule has 0 unspecified atom stereocenters. The summed E-state index contributed by atoms with van der Waals surface area (Å²) < 4.78 is 11.2. The summed E-state index contributed by atoms with van der Waals surface area (Å²) in [4.78, 5) is 24.7. The summed E-state index contributed by atoms with van der Waals surface area (Å²) in [7, 11) is 0. The molecule has 0 aromatic heterocycles. The van der Waals surface area contributed by atoms with Crippen molar-refractivity contribution in [2.45, 2.75) is 39.2 Å². The van der Waals surface area contributed by atoms with Crippen molar-refractivity contribution in [2.24, 2.45) is 11.0 Å². The lowest BCUT2D eigenvalue weighted by atomic mass is 9.77. The van der Waals surface area contributed by atoms with E-state index in [0.29, 0.717) is 13.2 Å². The van der Waals surface area contributed by atoms with Crippen LogP contribution in [-0.4, -0.2) is 34.8 Å². The highest BCUT2D eigenvalue weighted by atomic mass is 16.6. The Kier molecular flexibility index (Phi) is 7.72.